The molecule has 0 saturated carbocycles. The summed E-state index contributed by atoms with van der Waals surface area (Å²) < 4.78 is 5.02. The van der Waals surface area contributed by atoms with Crippen LogP contribution in [0.5, 0.6) is 0 Å². The van der Waals surface area contributed by atoms with Crippen LogP contribution in [0.2, 0.25) is 0 Å². The lowest BCUT2D eigenvalue weighted by molar-refractivity contribution is -0.176. The fourth-order valence-corrected chi connectivity index (χ4v) is 1.14. The van der Waals surface area contributed by atoms with Gasteiger partial charge in [-0.25, -0.2) is 0 Å². The maximum atomic E-state index is 10.9. The third-order valence-corrected chi connectivity index (χ3v) is 1.92. The van der Waals surface area contributed by atoms with Gasteiger partial charge in [0, 0.05) is 0 Å². The minimum Gasteiger partial charge on any atom is -0.387 e. The number of ether oxygens (including phenoxy) is 1. The smallest absolute Gasteiger partial charge is 0.192 e. The second kappa shape index (κ2) is 2.89. The molecule has 0 aromatic rings. The van der Waals surface area contributed by atoms with E-state index in [-0.39, 0.29) is 0 Å². The molecule has 1 fully saturated rings. The fourth-order valence-electron chi connectivity index (χ4n) is 1.14. The monoisotopic (exact) mass is 160 g/mol. The Kier molecular flexibility index (Phi) is 2.27. The van der Waals surface area contributed by atoms with Gasteiger partial charge in [-0.2, -0.15) is 0 Å². The van der Waals surface area contributed by atoms with Crippen molar-refractivity contribution >= 4 is 5.78 Å². The van der Waals surface area contributed by atoms with Gasteiger partial charge >= 0.3 is 0 Å². The zero-order chi connectivity index (χ0) is 8.59. The summed E-state index contributed by atoms with van der Waals surface area (Å²) in [5, 5.41) is 18.2. The topological polar surface area (TPSA) is 66.8 Å². The van der Waals surface area contributed by atoms with E-state index >= 15 is 0 Å². The first-order valence-corrected chi connectivity index (χ1v) is 3.59. The molecular weight excluding hydrogens is 148 g/mol. The highest BCUT2D eigenvalue weighted by molar-refractivity contribution is 5.88. The number of aliphatic hydroxyl groups is 2. The van der Waals surface area contributed by atoms with E-state index in [2.05, 4.69) is 0 Å². The van der Waals surface area contributed by atoms with Crippen LogP contribution in [0.3, 0.4) is 0 Å². The second-order valence-electron chi connectivity index (χ2n) is 2.82. The highest BCUT2D eigenvalue weighted by atomic mass is 16.5. The number of hydrogen-bond donors (Lipinski definition) is 2. The van der Waals surface area contributed by atoms with E-state index in [9.17, 15) is 4.79 Å². The molecule has 0 aliphatic carbocycles. The van der Waals surface area contributed by atoms with Gasteiger partial charge in [0.25, 0.3) is 0 Å². The summed E-state index contributed by atoms with van der Waals surface area (Å²) in [4.78, 5) is 10.9. The van der Waals surface area contributed by atoms with Crippen molar-refractivity contribution in [2.75, 3.05) is 0 Å². The van der Waals surface area contributed by atoms with Crippen LogP contribution < -0.4 is 0 Å². The quantitative estimate of drug-likeness (QED) is 0.481. The van der Waals surface area contributed by atoms with Gasteiger partial charge in [0.15, 0.2) is 5.78 Å². The molecule has 2 unspecified atom stereocenters. The lowest BCUT2D eigenvalue weighted by atomic mass is 9.98. The number of carbonyl (C=O) groups excluding carboxylic acids is 1. The molecule has 1 aliphatic heterocycles. The molecule has 1 heterocycles. The number of Topliss-reactive ketones (excluding diaryl/α,β-unsaturated/α-hetero) is 1. The molecule has 0 radical (unpaired) electrons. The molecule has 4 atom stereocenters. The van der Waals surface area contributed by atoms with Crippen molar-refractivity contribution in [3.05, 3.63) is 0 Å². The standard InChI is InChI=1S/C7H12O4/c1-3-5(8)7(10)6(9)4(2)11-3/h3-5,7-8,10H,1-2H3/t3-,4?,5+,7?/m0/s1. The summed E-state index contributed by atoms with van der Waals surface area (Å²) in [5.74, 6) is -0.449. The van der Waals surface area contributed by atoms with Crippen LogP contribution >= 0.6 is 0 Å². The molecule has 0 aromatic heterocycles. The highest BCUT2D eigenvalue weighted by Crippen LogP contribution is 2.16. The number of ketones is 1. The van der Waals surface area contributed by atoms with E-state index in [1.165, 1.54) is 0 Å². The molecule has 1 rings (SSSR count). The Balaban J connectivity index is 2.70. The van der Waals surface area contributed by atoms with Gasteiger partial charge in [-0.1, -0.05) is 0 Å². The van der Waals surface area contributed by atoms with Crippen LogP contribution in [0, 0.1) is 0 Å². The summed E-state index contributed by atoms with van der Waals surface area (Å²) in [6.45, 7) is 3.19. The number of rotatable bonds is 0. The Morgan fingerprint density at radius 3 is 2.45 bits per heavy atom. The van der Waals surface area contributed by atoms with Crippen molar-refractivity contribution < 1.29 is 19.7 Å². The van der Waals surface area contributed by atoms with E-state index in [0.717, 1.165) is 0 Å². The first-order valence-electron chi connectivity index (χ1n) is 3.59. The van der Waals surface area contributed by atoms with Gasteiger partial charge in [0.1, 0.15) is 18.3 Å². The van der Waals surface area contributed by atoms with E-state index in [1.54, 1.807) is 13.8 Å². The summed E-state index contributed by atoms with van der Waals surface area (Å²) in [7, 11) is 0. The van der Waals surface area contributed by atoms with Gasteiger partial charge < -0.3 is 14.9 Å². The van der Waals surface area contributed by atoms with Gasteiger partial charge in [-0.3, -0.25) is 4.79 Å². The van der Waals surface area contributed by atoms with Crippen LogP contribution in [0.15, 0.2) is 0 Å². The van der Waals surface area contributed by atoms with Crippen LogP contribution in [0.25, 0.3) is 0 Å². The van der Waals surface area contributed by atoms with Gasteiger partial charge in [0.05, 0.1) is 6.10 Å². The summed E-state index contributed by atoms with van der Waals surface area (Å²) in [6.07, 6.45) is -3.45. The van der Waals surface area contributed by atoms with Crippen molar-refractivity contribution in [2.45, 2.75) is 38.3 Å². The van der Waals surface area contributed by atoms with Crippen molar-refractivity contribution in [3.8, 4) is 0 Å². The first-order chi connectivity index (χ1) is 5.04. The molecular formula is C7H12O4. The van der Waals surface area contributed by atoms with E-state index < -0.39 is 30.2 Å². The Morgan fingerprint density at radius 2 is 1.91 bits per heavy atom. The largest absolute Gasteiger partial charge is 0.387 e. The summed E-state index contributed by atoms with van der Waals surface area (Å²) in [5.41, 5.74) is 0. The summed E-state index contributed by atoms with van der Waals surface area (Å²) in [6, 6.07) is 0. The minimum atomic E-state index is -1.28. The zero-order valence-electron chi connectivity index (χ0n) is 6.52. The molecule has 1 saturated heterocycles. The first kappa shape index (κ1) is 8.64. The lowest BCUT2D eigenvalue weighted by Gasteiger charge is -2.32. The van der Waals surface area contributed by atoms with Crippen LogP contribution in [0.1, 0.15) is 13.8 Å². The maximum Gasteiger partial charge on any atom is 0.192 e. The van der Waals surface area contributed by atoms with Gasteiger partial charge in [-0.05, 0) is 13.8 Å². The normalized spacial score (nSPS) is 46.0. The number of aliphatic hydroxyl groups excluding tert-OH is 2. The van der Waals surface area contributed by atoms with Gasteiger partial charge in [-0.15, -0.1) is 0 Å². The molecule has 4 heteroatoms. The van der Waals surface area contributed by atoms with E-state index in [1.807, 2.05) is 0 Å². The number of carbonyl (C=O) groups is 1. The predicted molar refractivity (Wildman–Crippen MR) is 37.0 cm³/mol. The van der Waals surface area contributed by atoms with Gasteiger partial charge in [0.2, 0.25) is 0 Å². The molecule has 4 nitrogen and oxygen atoms in total. The summed E-state index contributed by atoms with van der Waals surface area (Å²) >= 11 is 0. The average Bonchev–Trinajstić information content (AvgIpc) is 1.97. The molecule has 0 spiro atoms. The number of hydrogen-bond acceptors (Lipinski definition) is 4. The highest BCUT2D eigenvalue weighted by Gasteiger charge is 2.38. The molecule has 0 aromatic carbocycles. The Morgan fingerprint density at radius 1 is 1.36 bits per heavy atom. The Labute approximate surface area is 64.8 Å². The molecule has 11 heavy (non-hydrogen) atoms. The van der Waals surface area contributed by atoms with Crippen LogP contribution in [-0.4, -0.2) is 40.4 Å². The van der Waals surface area contributed by atoms with E-state index in [0.29, 0.717) is 0 Å². The van der Waals surface area contributed by atoms with Crippen molar-refractivity contribution in [1.29, 1.82) is 0 Å². The maximum absolute atomic E-state index is 10.9. The predicted octanol–water partition coefficient (Wildman–Crippen LogP) is -0.916. The molecule has 64 valence electrons. The molecule has 1 aliphatic rings. The third kappa shape index (κ3) is 1.42. The van der Waals surface area contributed by atoms with E-state index in [4.69, 9.17) is 14.9 Å². The van der Waals surface area contributed by atoms with Crippen molar-refractivity contribution in [1.82, 2.24) is 0 Å². The molecule has 0 amide bonds. The minimum absolute atomic E-state index is 0.449. The Bertz CT molecular complexity index is 168. The van der Waals surface area contributed by atoms with Crippen molar-refractivity contribution in [3.63, 3.8) is 0 Å². The lowest BCUT2D eigenvalue weighted by Crippen LogP contribution is -2.52. The van der Waals surface area contributed by atoms with Crippen LogP contribution in [0.4, 0.5) is 0 Å². The van der Waals surface area contributed by atoms with Crippen molar-refractivity contribution in [2.24, 2.45) is 0 Å². The average molecular weight is 160 g/mol. The Hall–Kier alpha value is -0.450. The molecule has 2 N–H and O–H groups in total. The fraction of sp³-hybridized carbons (Fsp3) is 0.857. The van der Waals surface area contributed by atoms with Crippen LogP contribution in [-0.2, 0) is 9.53 Å². The third-order valence-electron chi connectivity index (χ3n) is 1.92. The zero-order valence-corrected chi connectivity index (χ0v) is 6.52. The second-order valence-corrected chi connectivity index (χ2v) is 2.82. The molecule has 0 bridgehead atoms. The SMILES string of the molecule is CC1O[C@@H](C)[C@@H](O)C(O)C1=O.